The monoisotopic (exact) mass is 364 g/mol. The molecule has 2 aromatic carbocycles. The van der Waals surface area contributed by atoms with Crippen LogP contribution in [-0.2, 0) is 11.2 Å². The predicted molar refractivity (Wildman–Crippen MR) is 109 cm³/mol. The van der Waals surface area contributed by atoms with Crippen molar-refractivity contribution in [3.8, 4) is 0 Å². The Morgan fingerprint density at radius 3 is 2.44 bits per heavy atom. The number of hydrogen-bond donors (Lipinski definition) is 1. The van der Waals surface area contributed by atoms with Gasteiger partial charge in [0.2, 0.25) is 5.91 Å². The van der Waals surface area contributed by atoms with E-state index in [4.69, 9.17) is 0 Å². The standard InChI is InChI=1S/C23H28N2O2/c1-17-10-11-19(16-18(17)2)12-13-22(26)24-21-9-5-4-8-20(21)23(27)25-14-6-3-7-15-25/h4-5,8-11,16H,3,6-7,12-15H2,1-2H3,(H,24,26). The molecule has 4 heteroatoms. The van der Waals surface area contributed by atoms with Gasteiger partial charge in [-0.1, -0.05) is 30.3 Å². The minimum Gasteiger partial charge on any atom is -0.339 e. The maximum Gasteiger partial charge on any atom is 0.255 e. The van der Waals surface area contributed by atoms with E-state index in [2.05, 4.69) is 37.4 Å². The van der Waals surface area contributed by atoms with E-state index in [1.807, 2.05) is 23.1 Å². The van der Waals surface area contributed by atoms with Crippen LogP contribution in [0.1, 0.15) is 52.7 Å². The van der Waals surface area contributed by atoms with Gasteiger partial charge >= 0.3 is 0 Å². The second-order valence-corrected chi connectivity index (χ2v) is 7.37. The number of rotatable bonds is 5. The zero-order valence-electron chi connectivity index (χ0n) is 16.3. The van der Waals surface area contributed by atoms with Crippen molar-refractivity contribution in [2.45, 2.75) is 46.0 Å². The van der Waals surface area contributed by atoms with E-state index >= 15 is 0 Å². The Hall–Kier alpha value is -2.62. The molecule has 0 spiro atoms. The highest BCUT2D eigenvalue weighted by Gasteiger charge is 2.21. The fraction of sp³-hybridized carbons (Fsp3) is 0.391. The first-order valence-corrected chi connectivity index (χ1v) is 9.79. The summed E-state index contributed by atoms with van der Waals surface area (Å²) in [5.41, 5.74) is 4.85. The number of hydrogen-bond acceptors (Lipinski definition) is 2. The molecule has 3 rings (SSSR count). The average Bonchev–Trinajstić information content (AvgIpc) is 2.69. The van der Waals surface area contributed by atoms with Crippen LogP contribution < -0.4 is 5.32 Å². The summed E-state index contributed by atoms with van der Waals surface area (Å²) in [6.07, 6.45) is 4.37. The van der Waals surface area contributed by atoms with Crippen LogP contribution in [-0.4, -0.2) is 29.8 Å². The van der Waals surface area contributed by atoms with E-state index < -0.39 is 0 Å². The number of nitrogens with zero attached hydrogens (tertiary/aromatic N) is 1. The molecule has 0 unspecified atom stereocenters. The molecule has 0 radical (unpaired) electrons. The molecule has 2 amide bonds. The molecule has 27 heavy (non-hydrogen) atoms. The molecular weight excluding hydrogens is 336 g/mol. The van der Waals surface area contributed by atoms with Gasteiger partial charge in [0.1, 0.15) is 0 Å². The fourth-order valence-electron chi connectivity index (χ4n) is 3.48. The molecule has 0 atom stereocenters. The lowest BCUT2D eigenvalue weighted by Crippen LogP contribution is -2.36. The molecule has 142 valence electrons. The van der Waals surface area contributed by atoms with Gasteiger partial charge in [0, 0.05) is 19.5 Å². The van der Waals surface area contributed by atoms with E-state index in [9.17, 15) is 9.59 Å². The van der Waals surface area contributed by atoms with Crippen LogP contribution in [0.2, 0.25) is 0 Å². The van der Waals surface area contributed by atoms with E-state index in [1.54, 1.807) is 6.07 Å². The first-order chi connectivity index (χ1) is 13.0. The van der Waals surface area contributed by atoms with Crippen molar-refractivity contribution in [3.63, 3.8) is 0 Å². The Morgan fingerprint density at radius 1 is 0.963 bits per heavy atom. The van der Waals surface area contributed by atoms with E-state index in [-0.39, 0.29) is 11.8 Å². The van der Waals surface area contributed by atoms with Crippen molar-refractivity contribution in [2.75, 3.05) is 18.4 Å². The largest absolute Gasteiger partial charge is 0.339 e. The van der Waals surface area contributed by atoms with Gasteiger partial charge in [-0.15, -0.1) is 0 Å². The van der Waals surface area contributed by atoms with Crippen molar-refractivity contribution < 1.29 is 9.59 Å². The fourth-order valence-corrected chi connectivity index (χ4v) is 3.48. The lowest BCUT2D eigenvalue weighted by molar-refractivity contribution is -0.116. The zero-order chi connectivity index (χ0) is 19.2. The molecule has 1 aliphatic rings. The number of piperidine rings is 1. The summed E-state index contributed by atoms with van der Waals surface area (Å²) in [7, 11) is 0. The van der Waals surface area contributed by atoms with Gasteiger partial charge in [0.15, 0.2) is 0 Å². The van der Waals surface area contributed by atoms with E-state index in [0.29, 0.717) is 24.1 Å². The van der Waals surface area contributed by atoms with Gasteiger partial charge in [-0.3, -0.25) is 9.59 Å². The van der Waals surface area contributed by atoms with Gasteiger partial charge in [0.25, 0.3) is 5.91 Å². The summed E-state index contributed by atoms with van der Waals surface area (Å²) in [5.74, 6) is -0.0492. The Morgan fingerprint density at radius 2 is 1.70 bits per heavy atom. The number of likely N-dealkylation sites (tertiary alicyclic amines) is 1. The van der Waals surface area contributed by atoms with Crippen molar-refractivity contribution in [1.29, 1.82) is 0 Å². The van der Waals surface area contributed by atoms with Crippen LogP contribution >= 0.6 is 0 Å². The van der Waals surface area contributed by atoms with Gasteiger partial charge in [-0.05, 0) is 68.4 Å². The SMILES string of the molecule is Cc1ccc(CCC(=O)Nc2ccccc2C(=O)N2CCCCC2)cc1C. The van der Waals surface area contributed by atoms with E-state index in [1.165, 1.54) is 17.5 Å². The first-order valence-electron chi connectivity index (χ1n) is 9.79. The number of anilines is 1. The number of nitrogens with one attached hydrogen (secondary N) is 1. The van der Waals surface area contributed by atoms with Crippen LogP contribution in [0.15, 0.2) is 42.5 Å². The second-order valence-electron chi connectivity index (χ2n) is 7.37. The third-order valence-corrected chi connectivity index (χ3v) is 5.29. The summed E-state index contributed by atoms with van der Waals surface area (Å²) in [6.45, 7) is 5.77. The first kappa shape index (κ1) is 19.2. The highest BCUT2D eigenvalue weighted by Crippen LogP contribution is 2.20. The molecule has 1 saturated heterocycles. The Kier molecular flexibility index (Phi) is 6.28. The summed E-state index contributed by atoms with van der Waals surface area (Å²) < 4.78 is 0. The minimum absolute atomic E-state index is 0.0137. The van der Waals surface area contributed by atoms with Gasteiger partial charge in [-0.2, -0.15) is 0 Å². The maximum atomic E-state index is 12.8. The van der Waals surface area contributed by atoms with Crippen LogP contribution in [0, 0.1) is 13.8 Å². The molecule has 1 aliphatic heterocycles. The highest BCUT2D eigenvalue weighted by molar-refractivity contribution is 6.03. The molecule has 0 aliphatic carbocycles. The lowest BCUT2D eigenvalue weighted by atomic mass is 10.0. The molecule has 0 bridgehead atoms. The quantitative estimate of drug-likeness (QED) is 0.849. The molecule has 0 aromatic heterocycles. The van der Waals surface area contributed by atoms with Crippen molar-refractivity contribution in [1.82, 2.24) is 4.90 Å². The minimum atomic E-state index is -0.0628. The number of aryl methyl sites for hydroxylation is 3. The van der Waals surface area contributed by atoms with Gasteiger partial charge in [-0.25, -0.2) is 0 Å². The molecular formula is C23H28N2O2. The topological polar surface area (TPSA) is 49.4 Å². The number of benzene rings is 2. The van der Waals surface area contributed by atoms with Crippen molar-refractivity contribution >= 4 is 17.5 Å². The van der Waals surface area contributed by atoms with Crippen LogP contribution in [0.25, 0.3) is 0 Å². The number of carbonyl (C=O) groups excluding carboxylic acids is 2. The normalized spacial score (nSPS) is 14.1. The summed E-state index contributed by atoms with van der Waals surface area (Å²) in [6, 6.07) is 13.6. The molecule has 1 heterocycles. The molecule has 2 aromatic rings. The smallest absolute Gasteiger partial charge is 0.255 e. The summed E-state index contributed by atoms with van der Waals surface area (Å²) >= 11 is 0. The summed E-state index contributed by atoms with van der Waals surface area (Å²) in [4.78, 5) is 27.2. The van der Waals surface area contributed by atoms with Crippen LogP contribution in [0.5, 0.6) is 0 Å². The highest BCUT2D eigenvalue weighted by atomic mass is 16.2. The maximum absolute atomic E-state index is 12.8. The van der Waals surface area contributed by atoms with Crippen LogP contribution in [0.3, 0.4) is 0 Å². The number of amides is 2. The predicted octanol–water partition coefficient (Wildman–Crippen LogP) is 4.50. The van der Waals surface area contributed by atoms with Crippen molar-refractivity contribution in [2.24, 2.45) is 0 Å². The third-order valence-electron chi connectivity index (χ3n) is 5.29. The van der Waals surface area contributed by atoms with Gasteiger partial charge in [0.05, 0.1) is 11.3 Å². The second kappa shape index (κ2) is 8.85. The number of para-hydroxylation sites is 1. The Balaban J connectivity index is 1.63. The average molecular weight is 364 g/mol. The number of carbonyl (C=O) groups is 2. The lowest BCUT2D eigenvalue weighted by Gasteiger charge is -2.27. The third kappa shape index (κ3) is 4.97. The molecule has 1 fully saturated rings. The van der Waals surface area contributed by atoms with E-state index in [0.717, 1.165) is 31.5 Å². The zero-order valence-corrected chi connectivity index (χ0v) is 16.3. The molecule has 1 N–H and O–H groups in total. The van der Waals surface area contributed by atoms with Crippen molar-refractivity contribution in [3.05, 3.63) is 64.7 Å². The summed E-state index contributed by atoms with van der Waals surface area (Å²) in [5, 5.41) is 2.94. The van der Waals surface area contributed by atoms with Gasteiger partial charge < -0.3 is 10.2 Å². The Labute approximate surface area is 161 Å². The van der Waals surface area contributed by atoms with Crippen LogP contribution in [0.4, 0.5) is 5.69 Å². The Bertz CT molecular complexity index is 823. The molecule has 4 nitrogen and oxygen atoms in total. The molecule has 0 saturated carbocycles.